The van der Waals surface area contributed by atoms with Crippen LogP contribution in [-0.4, -0.2) is 35.1 Å². The second-order valence-corrected chi connectivity index (χ2v) is 6.17. The highest BCUT2D eigenvalue weighted by molar-refractivity contribution is 5.27. The van der Waals surface area contributed by atoms with E-state index >= 15 is 0 Å². The monoisotopic (exact) mass is 279 g/mol. The fourth-order valence-electron chi connectivity index (χ4n) is 2.84. The Balaban J connectivity index is 1.85. The number of aromatic hydroxyl groups is 1. The van der Waals surface area contributed by atoms with Crippen LogP contribution in [0.5, 0.6) is 5.75 Å². The zero-order chi connectivity index (χ0) is 14.8. The van der Waals surface area contributed by atoms with E-state index in [4.69, 9.17) is 4.74 Å². The molecular weight excluding hydrogens is 254 g/mol. The molecule has 4 nitrogen and oxygen atoms in total. The molecular formula is C16H25NO3. The van der Waals surface area contributed by atoms with Crippen molar-refractivity contribution in [1.29, 1.82) is 0 Å². The van der Waals surface area contributed by atoms with E-state index in [2.05, 4.69) is 5.32 Å². The van der Waals surface area contributed by atoms with Gasteiger partial charge >= 0.3 is 0 Å². The van der Waals surface area contributed by atoms with Crippen LogP contribution in [0.4, 0.5) is 0 Å². The zero-order valence-corrected chi connectivity index (χ0v) is 12.5. The number of hydrogen-bond acceptors (Lipinski definition) is 4. The third-order valence-corrected chi connectivity index (χ3v) is 4.55. The highest BCUT2D eigenvalue weighted by Gasteiger charge is 2.59. The first-order valence-corrected chi connectivity index (χ1v) is 7.21. The van der Waals surface area contributed by atoms with Gasteiger partial charge in [0, 0.05) is 31.5 Å². The molecule has 0 heterocycles. The number of aliphatic hydroxyl groups is 1. The third kappa shape index (κ3) is 2.82. The Hall–Kier alpha value is -1.10. The summed E-state index contributed by atoms with van der Waals surface area (Å²) in [4.78, 5) is 0. The molecule has 0 unspecified atom stereocenters. The second kappa shape index (κ2) is 5.72. The van der Waals surface area contributed by atoms with Crippen molar-refractivity contribution in [2.24, 2.45) is 5.41 Å². The molecule has 1 aliphatic rings. The minimum atomic E-state index is -0.732. The van der Waals surface area contributed by atoms with Crippen molar-refractivity contribution in [2.45, 2.75) is 45.4 Å². The van der Waals surface area contributed by atoms with E-state index in [-0.39, 0.29) is 17.3 Å². The van der Waals surface area contributed by atoms with Gasteiger partial charge in [-0.05, 0) is 24.6 Å². The van der Waals surface area contributed by atoms with Gasteiger partial charge in [-0.1, -0.05) is 26.0 Å². The molecule has 0 bridgehead atoms. The van der Waals surface area contributed by atoms with E-state index in [1.165, 1.54) is 0 Å². The minimum absolute atomic E-state index is 0.125. The number of hydrogen-bond donors (Lipinski definition) is 3. The molecule has 3 N–H and O–H groups in total. The van der Waals surface area contributed by atoms with Gasteiger partial charge in [0.25, 0.3) is 0 Å². The molecule has 0 amide bonds. The molecule has 1 saturated carbocycles. The highest BCUT2D eigenvalue weighted by Crippen LogP contribution is 2.50. The van der Waals surface area contributed by atoms with Crippen molar-refractivity contribution >= 4 is 0 Å². The highest BCUT2D eigenvalue weighted by atomic mass is 16.5. The largest absolute Gasteiger partial charge is 0.508 e. The average molecular weight is 279 g/mol. The van der Waals surface area contributed by atoms with Gasteiger partial charge in [0.15, 0.2) is 0 Å². The lowest BCUT2D eigenvalue weighted by Crippen LogP contribution is -2.68. The van der Waals surface area contributed by atoms with E-state index in [1.54, 1.807) is 12.1 Å². The van der Waals surface area contributed by atoms with Gasteiger partial charge in [0.1, 0.15) is 5.75 Å². The van der Waals surface area contributed by atoms with Crippen LogP contribution in [0.25, 0.3) is 0 Å². The molecule has 1 aliphatic carbocycles. The first-order valence-electron chi connectivity index (χ1n) is 7.21. The maximum absolute atomic E-state index is 10.7. The van der Waals surface area contributed by atoms with Crippen LogP contribution in [-0.2, 0) is 11.3 Å². The van der Waals surface area contributed by atoms with Crippen LogP contribution in [0.15, 0.2) is 24.3 Å². The maximum atomic E-state index is 10.7. The van der Waals surface area contributed by atoms with Gasteiger partial charge in [-0.3, -0.25) is 0 Å². The van der Waals surface area contributed by atoms with Gasteiger partial charge in [0.2, 0.25) is 0 Å². The van der Waals surface area contributed by atoms with Crippen molar-refractivity contribution < 1.29 is 14.9 Å². The Morgan fingerprint density at radius 1 is 1.40 bits per heavy atom. The first-order chi connectivity index (χ1) is 9.39. The summed E-state index contributed by atoms with van der Waals surface area (Å²) >= 11 is 0. The fourth-order valence-corrected chi connectivity index (χ4v) is 2.84. The van der Waals surface area contributed by atoms with Gasteiger partial charge < -0.3 is 20.3 Å². The van der Waals surface area contributed by atoms with E-state index in [0.29, 0.717) is 26.1 Å². The lowest BCUT2D eigenvalue weighted by atomic mass is 9.56. The lowest BCUT2D eigenvalue weighted by molar-refractivity contribution is -0.238. The number of phenols is 1. The number of benzene rings is 1. The summed E-state index contributed by atoms with van der Waals surface area (Å²) in [5.41, 5.74) is 0.0329. The molecule has 0 spiro atoms. The molecule has 2 rings (SSSR count). The standard InChI is InChI=1S/C16H25NO3/c1-4-20-14-9-16(19,15(14,2)3)11-17-10-12-6-5-7-13(18)8-12/h5-8,14,17-19H,4,9-11H2,1-3H3/t14-,16+/m1/s1. The van der Waals surface area contributed by atoms with E-state index in [9.17, 15) is 10.2 Å². The molecule has 0 aromatic heterocycles. The third-order valence-electron chi connectivity index (χ3n) is 4.55. The predicted molar refractivity (Wildman–Crippen MR) is 78.6 cm³/mol. The second-order valence-electron chi connectivity index (χ2n) is 6.17. The Bertz CT molecular complexity index is 461. The summed E-state index contributed by atoms with van der Waals surface area (Å²) in [5, 5.41) is 23.4. The summed E-state index contributed by atoms with van der Waals surface area (Å²) < 4.78 is 5.65. The topological polar surface area (TPSA) is 61.7 Å². The molecule has 1 aromatic rings. The Kier molecular flexibility index (Phi) is 4.37. The summed E-state index contributed by atoms with van der Waals surface area (Å²) in [5.74, 6) is 0.267. The van der Waals surface area contributed by atoms with Crippen molar-refractivity contribution in [2.75, 3.05) is 13.2 Å². The normalized spacial score (nSPS) is 28.1. The quantitative estimate of drug-likeness (QED) is 0.746. The van der Waals surface area contributed by atoms with Crippen molar-refractivity contribution in [3.05, 3.63) is 29.8 Å². The number of phenolic OH excluding ortho intramolecular Hbond substituents is 1. The Morgan fingerprint density at radius 3 is 2.75 bits per heavy atom. The number of ether oxygens (including phenoxy) is 1. The van der Waals surface area contributed by atoms with Crippen LogP contribution in [0.2, 0.25) is 0 Å². The van der Waals surface area contributed by atoms with E-state index in [0.717, 1.165) is 5.56 Å². The van der Waals surface area contributed by atoms with E-state index in [1.807, 2.05) is 32.9 Å². The van der Waals surface area contributed by atoms with Gasteiger partial charge in [-0.25, -0.2) is 0 Å². The molecule has 0 radical (unpaired) electrons. The van der Waals surface area contributed by atoms with Crippen molar-refractivity contribution in [3.8, 4) is 5.75 Å². The fraction of sp³-hybridized carbons (Fsp3) is 0.625. The van der Waals surface area contributed by atoms with Crippen LogP contribution < -0.4 is 5.32 Å². The number of nitrogens with one attached hydrogen (secondary N) is 1. The first kappa shape index (κ1) is 15.3. The van der Waals surface area contributed by atoms with Crippen molar-refractivity contribution in [3.63, 3.8) is 0 Å². The summed E-state index contributed by atoms with van der Waals surface area (Å²) in [6.07, 6.45) is 0.793. The molecule has 0 saturated heterocycles. The minimum Gasteiger partial charge on any atom is -0.508 e. The molecule has 4 heteroatoms. The van der Waals surface area contributed by atoms with Crippen LogP contribution in [0.1, 0.15) is 32.8 Å². The molecule has 112 valence electrons. The van der Waals surface area contributed by atoms with Crippen LogP contribution >= 0.6 is 0 Å². The average Bonchev–Trinajstić information content (AvgIpc) is 2.38. The lowest BCUT2D eigenvalue weighted by Gasteiger charge is -2.58. The molecule has 2 atom stereocenters. The molecule has 0 aliphatic heterocycles. The van der Waals surface area contributed by atoms with Gasteiger partial charge in [0.05, 0.1) is 11.7 Å². The van der Waals surface area contributed by atoms with Gasteiger partial charge in [-0.2, -0.15) is 0 Å². The number of rotatable bonds is 6. The SMILES string of the molecule is CCO[C@@H]1C[C@](O)(CNCc2cccc(O)c2)C1(C)C. The van der Waals surface area contributed by atoms with Crippen LogP contribution in [0, 0.1) is 5.41 Å². The van der Waals surface area contributed by atoms with Crippen LogP contribution in [0.3, 0.4) is 0 Å². The maximum Gasteiger partial charge on any atom is 0.115 e. The van der Waals surface area contributed by atoms with E-state index < -0.39 is 5.60 Å². The summed E-state index contributed by atoms with van der Waals surface area (Å²) in [6.45, 7) is 7.92. The molecule has 1 aromatic carbocycles. The molecule has 20 heavy (non-hydrogen) atoms. The zero-order valence-electron chi connectivity index (χ0n) is 12.5. The summed E-state index contributed by atoms with van der Waals surface area (Å²) in [6, 6.07) is 7.15. The van der Waals surface area contributed by atoms with Crippen molar-refractivity contribution in [1.82, 2.24) is 5.32 Å². The Labute approximate surface area is 120 Å². The predicted octanol–water partition coefficient (Wildman–Crippen LogP) is 2.05. The Morgan fingerprint density at radius 2 is 2.15 bits per heavy atom. The smallest absolute Gasteiger partial charge is 0.115 e. The summed E-state index contributed by atoms with van der Waals surface area (Å²) in [7, 11) is 0. The van der Waals surface area contributed by atoms with Gasteiger partial charge in [-0.15, -0.1) is 0 Å². The molecule has 1 fully saturated rings.